The van der Waals surface area contributed by atoms with Crippen LogP contribution in [-0.4, -0.2) is 23.0 Å². The van der Waals surface area contributed by atoms with Crippen molar-refractivity contribution in [3.63, 3.8) is 0 Å². The Morgan fingerprint density at radius 3 is 2.23 bits per heavy atom. The van der Waals surface area contributed by atoms with E-state index >= 15 is 0 Å². The fraction of sp³-hybridized carbons (Fsp3) is 0.545. The minimum atomic E-state index is -0.701. The van der Waals surface area contributed by atoms with Crippen LogP contribution in [0.5, 0.6) is 0 Å². The van der Waals surface area contributed by atoms with Crippen molar-refractivity contribution < 1.29 is 19.4 Å². The Labute approximate surface area is 156 Å². The molecular weight excluding hydrogens is 328 g/mol. The van der Waals surface area contributed by atoms with Crippen molar-refractivity contribution in [1.82, 2.24) is 0 Å². The molecule has 1 N–H and O–H groups in total. The van der Waals surface area contributed by atoms with E-state index in [0.29, 0.717) is 12.8 Å². The van der Waals surface area contributed by atoms with Gasteiger partial charge < -0.3 is 9.84 Å². The summed E-state index contributed by atoms with van der Waals surface area (Å²) in [6.07, 6.45) is 0.332. The smallest absolute Gasteiger partial charge is 0.346 e. The standard InChI is InChI=1S/C22H30O4/c1-13(2)11-17-20(24)18(21(25)26-17)19(23)14(3)12-15-7-9-16(10-8-15)22(4,5)6/h7-10,13-14,17,24H,11-12H2,1-6H3. The molecule has 1 heterocycles. The summed E-state index contributed by atoms with van der Waals surface area (Å²) in [4.78, 5) is 24.8. The van der Waals surface area contributed by atoms with Crippen molar-refractivity contribution in [2.75, 3.05) is 0 Å². The normalized spacial score (nSPS) is 19.0. The molecule has 1 aromatic rings. The highest BCUT2D eigenvalue weighted by atomic mass is 16.6. The van der Waals surface area contributed by atoms with Crippen LogP contribution >= 0.6 is 0 Å². The third-order valence-corrected chi connectivity index (χ3v) is 4.76. The maximum atomic E-state index is 12.7. The summed E-state index contributed by atoms with van der Waals surface area (Å²) in [5.41, 5.74) is 2.17. The highest BCUT2D eigenvalue weighted by Crippen LogP contribution is 2.29. The molecule has 142 valence electrons. The van der Waals surface area contributed by atoms with Gasteiger partial charge in [-0.1, -0.05) is 65.8 Å². The van der Waals surface area contributed by atoms with Gasteiger partial charge in [-0.05, 0) is 35.3 Å². The van der Waals surface area contributed by atoms with Gasteiger partial charge in [-0.25, -0.2) is 4.79 Å². The summed E-state index contributed by atoms with van der Waals surface area (Å²) in [7, 11) is 0. The summed E-state index contributed by atoms with van der Waals surface area (Å²) in [5, 5.41) is 10.3. The van der Waals surface area contributed by atoms with Crippen LogP contribution in [0.4, 0.5) is 0 Å². The number of benzene rings is 1. The molecule has 0 fully saturated rings. The zero-order valence-corrected chi connectivity index (χ0v) is 16.6. The lowest BCUT2D eigenvalue weighted by Crippen LogP contribution is -2.20. The number of hydrogen-bond acceptors (Lipinski definition) is 4. The van der Waals surface area contributed by atoms with Crippen molar-refractivity contribution in [3.05, 3.63) is 46.7 Å². The Bertz CT molecular complexity index is 705. The molecule has 0 aromatic heterocycles. The number of carbonyl (C=O) groups is 2. The van der Waals surface area contributed by atoms with E-state index in [0.717, 1.165) is 5.56 Å². The summed E-state index contributed by atoms with van der Waals surface area (Å²) in [5.74, 6) is -1.41. The third kappa shape index (κ3) is 4.54. The molecule has 0 bridgehead atoms. The van der Waals surface area contributed by atoms with Crippen molar-refractivity contribution in [2.24, 2.45) is 11.8 Å². The molecule has 2 unspecified atom stereocenters. The van der Waals surface area contributed by atoms with E-state index in [1.165, 1.54) is 5.56 Å². The molecule has 0 spiro atoms. The topological polar surface area (TPSA) is 63.6 Å². The Balaban J connectivity index is 2.12. The van der Waals surface area contributed by atoms with E-state index in [4.69, 9.17) is 4.74 Å². The quantitative estimate of drug-likeness (QED) is 0.600. The lowest BCUT2D eigenvalue weighted by Gasteiger charge is -2.19. The molecule has 0 radical (unpaired) electrons. The van der Waals surface area contributed by atoms with Gasteiger partial charge in [0.1, 0.15) is 5.57 Å². The highest BCUT2D eigenvalue weighted by Gasteiger charge is 2.39. The second kappa shape index (κ2) is 7.65. The first kappa shape index (κ1) is 20.2. The van der Waals surface area contributed by atoms with Gasteiger partial charge in [-0.3, -0.25) is 4.79 Å². The van der Waals surface area contributed by atoms with Crippen molar-refractivity contribution in [3.8, 4) is 0 Å². The molecule has 0 saturated heterocycles. The monoisotopic (exact) mass is 358 g/mol. The van der Waals surface area contributed by atoms with Crippen LogP contribution in [0.25, 0.3) is 0 Å². The fourth-order valence-electron chi connectivity index (χ4n) is 3.16. The van der Waals surface area contributed by atoms with Crippen LogP contribution in [0.2, 0.25) is 0 Å². The average Bonchev–Trinajstić information content (AvgIpc) is 2.79. The number of ether oxygens (including phenoxy) is 1. The number of aliphatic hydroxyl groups is 1. The number of rotatable bonds is 6. The van der Waals surface area contributed by atoms with Crippen LogP contribution in [0.3, 0.4) is 0 Å². The number of ketones is 1. The van der Waals surface area contributed by atoms with E-state index in [1.54, 1.807) is 6.92 Å². The predicted octanol–water partition coefficient (Wildman–Crippen LogP) is 4.52. The number of aliphatic hydroxyl groups excluding tert-OH is 1. The first-order valence-corrected chi connectivity index (χ1v) is 9.28. The molecule has 4 heteroatoms. The van der Waals surface area contributed by atoms with Gasteiger partial charge in [-0.2, -0.15) is 0 Å². The molecule has 26 heavy (non-hydrogen) atoms. The third-order valence-electron chi connectivity index (χ3n) is 4.76. The van der Waals surface area contributed by atoms with Gasteiger partial charge in [-0.15, -0.1) is 0 Å². The minimum absolute atomic E-state index is 0.0790. The molecule has 0 aliphatic carbocycles. The predicted molar refractivity (Wildman–Crippen MR) is 102 cm³/mol. The van der Waals surface area contributed by atoms with E-state index < -0.39 is 18.0 Å². The maximum Gasteiger partial charge on any atom is 0.346 e. The molecule has 0 saturated carbocycles. The van der Waals surface area contributed by atoms with Gasteiger partial charge in [0.05, 0.1) is 0 Å². The maximum absolute atomic E-state index is 12.7. The molecule has 1 aromatic carbocycles. The lowest BCUT2D eigenvalue weighted by atomic mass is 9.85. The first-order chi connectivity index (χ1) is 12.0. The number of carbonyl (C=O) groups excluding carboxylic acids is 2. The van der Waals surface area contributed by atoms with E-state index in [2.05, 4.69) is 32.9 Å². The summed E-state index contributed by atoms with van der Waals surface area (Å²) in [6.45, 7) is 12.2. The molecule has 1 aliphatic rings. The van der Waals surface area contributed by atoms with Crippen molar-refractivity contribution in [2.45, 2.75) is 65.9 Å². The van der Waals surface area contributed by atoms with Crippen LogP contribution in [-0.2, 0) is 26.2 Å². The van der Waals surface area contributed by atoms with Crippen molar-refractivity contribution >= 4 is 11.8 Å². The second-order valence-electron chi connectivity index (χ2n) is 8.70. The molecule has 1 aliphatic heterocycles. The minimum Gasteiger partial charge on any atom is -0.507 e. The fourth-order valence-corrected chi connectivity index (χ4v) is 3.16. The van der Waals surface area contributed by atoms with Crippen LogP contribution in [0, 0.1) is 11.8 Å². The zero-order chi connectivity index (χ0) is 19.6. The zero-order valence-electron chi connectivity index (χ0n) is 16.6. The average molecular weight is 358 g/mol. The SMILES string of the molecule is CC(C)CC1OC(=O)C(C(=O)C(C)Cc2ccc(C(C)(C)C)cc2)=C1O. The van der Waals surface area contributed by atoms with E-state index in [-0.39, 0.29) is 28.4 Å². The van der Waals surface area contributed by atoms with Gasteiger partial charge in [0.25, 0.3) is 0 Å². The Morgan fingerprint density at radius 1 is 1.15 bits per heavy atom. The van der Waals surface area contributed by atoms with Gasteiger partial charge in [0, 0.05) is 5.92 Å². The highest BCUT2D eigenvalue weighted by molar-refractivity contribution is 6.19. The number of Topliss-reactive ketones (excluding diaryl/α,β-unsaturated/α-hetero) is 1. The van der Waals surface area contributed by atoms with Gasteiger partial charge >= 0.3 is 5.97 Å². The summed E-state index contributed by atoms with van der Waals surface area (Å²) in [6, 6.07) is 8.19. The van der Waals surface area contributed by atoms with Crippen LogP contribution in [0.15, 0.2) is 35.6 Å². The number of hydrogen-bond donors (Lipinski definition) is 1. The van der Waals surface area contributed by atoms with E-state index in [1.807, 2.05) is 26.0 Å². The molecule has 0 amide bonds. The molecular formula is C22H30O4. The largest absolute Gasteiger partial charge is 0.507 e. The molecule has 2 rings (SSSR count). The lowest BCUT2D eigenvalue weighted by molar-refractivity contribution is -0.141. The molecule has 4 nitrogen and oxygen atoms in total. The first-order valence-electron chi connectivity index (χ1n) is 9.28. The summed E-state index contributed by atoms with van der Waals surface area (Å²) >= 11 is 0. The van der Waals surface area contributed by atoms with Gasteiger partial charge in [0.15, 0.2) is 17.6 Å². The van der Waals surface area contributed by atoms with Crippen molar-refractivity contribution in [1.29, 1.82) is 0 Å². The Kier molecular flexibility index (Phi) is 5.94. The Hall–Kier alpha value is -2.10. The van der Waals surface area contributed by atoms with E-state index in [9.17, 15) is 14.7 Å². The number of cyclic esters (lactones) is 1. The van der Waals surface area contributed by atoms with Gasteiger partial charge in [0.2, 0.25) is 0 Å². The van der Waals surface area contributed by atoms with Crippen LogP contribution in [0.1, 0.15) is 59.1 Å². The Morgan fingerprint density at radius 2 is 1.73 bits per heavy atom. The second-order valence-corrected chi connectivity index (χ2v) is 8.70. The summed E-state index contributed by atoms with van der Waals surface area (Å²) < 4.78 is 5.19. The van der Waals surface area contributed by atoms with Crippen LogP contribution < -0.4 is 0 Å². The molecule has 2 atom stereocenters. The number of esters is 1.